The molecule has 4 nitrogen and oxygen atoms in total. The van der Waals surface area contributed by atoms with Gasteiger partial charge in [-0.2, -0.15) is 0 Å². The Hall–Kier alpha value is -0.940. The van der Waals surface area contributed by atoms with Gasteiger partial charge >= 0.3 is 0 Å². The van der Waals surface area contributed by atoms with Crippen LogP contribution in [0.2, 0.25) is 0 Å². The van der Waals surface area contributed by atoms with Crippen LogP contribution in [-0.4, -0.2) is 36.1 Å². The quantitative estimate of drug-likeness (QED) is 0.854. The number of carbonyl (C=O) groups is 1. The van der Waals surface area contributed by atoms with Crippen molar-refractivity contribution in [2.45, 2.75) is 52.5 Å². The first-order chi connectivity index (χ1) is 9.91. The van der Waals surface area contributed by atoms with E-state index in [-0.39, 0.29) is 17.9 Å². The lowest BCUT2D eigenvalue weighted by Crippen LogP contribution is -2.37. The normalized spacial score (nSPS) is 18.0. The molecule has 0 aliphatic carbocycles. The molecule has 1 aliphatic rings. The Balaban J connectivity index is 2.10. The number of rotatable bonds is 4. The van der Waals surface area contributed by atoms with Crippen LogP contribution >= 0.6 is 11.3 Å². The van der Waals surface area contributed by atoms with E-state index in [1.807, 2.05) is 18.9 Å². The molecule has 2 heterocycles. The minimum absolute atomic E-state index is 0.0883. The van der Waals surface area contributed by atoms with Gasteiger partial charge in [-0.15, -0.1) is 11.3 Å². The molecule has 1 fully saturated rings. The number of aromatic nitrogens is 1. The van der Waals surface area contributed by atoms with Crippen LogP contribution in [0.3, 0.4) is 0 Å². The zero-order valence-corrected chi connectivity index (χ0v) is 14.5. The van der Waals surface area contributed by atoms with Gasteiger partial charge in [0.25, 0.3) is 0 Å². The van der Waals surface area contributed by atoms with Crippen molar-refractivity contribution < 1.29 is 9.53 Å². The SMILES string of the molecule is Cc1nc(C(C)C)sc1C(C)N(C)C(=O)C1CCOCC1. The molecule has 0 N–H and O–H groups in total. The van der Waals surface area contributed by atoms with Gasteiger partial charge in [-0.05, 0) is 26.7 Å². The third-order valence-electron chi connectivity index (χ3n) is 4.22. The van der Waals surface area contributed by atoms with E-state index in [4.69, 9.17) is 4.74 Å². The molecule has 1 atom stereocenters. The highest BCUT2D eigenvalue weighted by molar-refractivity contribution is 7.11. The van der Waals surface area contributed by atoms with E-state index in [1.165, 1.54) is 4.88 Å². The van der Waals surface area contributed by atoms with Crippen molar-refractivity contribution in [2.24, 2.45) is 5.92 Å². The van der Waals surface area contributed by atoms with Crippen molar-refractivity contribution >= 4 is 17.2 Å². The highest BCUT2D eigenvalue weighted by atomic mass is 32.1. The zero-order valence-electron chi connectivity index (χ0n) is 13.7. The molecule has 21 heavy (non-hydrogen) atoms. The van der Waals surface area contributed by atoms with E-state index in [9.17, 15) is 4.79 Å². The summed E-state index contributed by atoms with van der Waals surface area (Å²) in [5, 5.41) is 1.15. The Morgan fingerprint density at radius 3 is 2.48 bits per heavy atom. The molecule has 5 heteroatoms. The van der Waals surface area contributed by atoms with E-state index in [0.717, 1.165) is 23.5 Å². The number of ether oxygens (including phenoxy) is 1. The van der Waals surface area contributed by atoms with Crippen LogP contribution in [0.1, 0.15) is 61.2 Å². The fraction of sp³-hybridized carbons (Fsp3) is 0.750. The maximum absolute atomic E-state index is 12.6. The summed E-state index contributed by atoms with van der Waals surface area (Å²) in [4.78, 5) is 20.4. The molecular formula is C16H26N2O2S. The van der Waals surface area contributed by atoms with Gasteiger partial charge in [0.15, 0.2) is 0 Å². The van der Waals surface area contributed by atoms with Crippen LogP contribution in [0.15, 0.2) is 0 Å². The van der Waals surface area contributed by atoms with E-state index >= 15 is 0 Å². The number of amides is 1. The molecule has 0 saturated carbocycles. The number of nitrogens with zero attached hydrogens (tertiary/aromatic N) is 2. The van der Waals surface area contributed by atoms with Crippen LogP contribution in [0.25, 0.3) is 0 Å². The third-order valence-corrected chi connectivity index (χ3v) is 5.85. The Kier molecular flexibility index (Phi) is 5.38. The predicted octanol–water partition coefficient (Wildman–Crippen LogP) is 3.52. The van der Waals surface area contributed by atoms with Crippen molar-refractivity contribution in [3.63, 3.8) is 0 Å². The Labute approximate surface area is 131 Å². The van der Waals surface area contributed by atoms with Crippen LogP contribution in [0.5, 0.6) is 0 Å². The molecule has 0 spiro atoms. The van der Waals surface area contributed by atoms with Gasteiger partial charge in [0, 0.05) is 37.0 Å². The molecule has 1 aromatic heterocycles. The second kappa shape index (κ2) is 6.88. The molecule has 1 amide bonds. The first-order valence-electron chi connectivity index (χ1n) is 7.73. The summed E-state index contributed by atoms with van der Waals surface area (Å²) < 4.78 is 5.34. The van der Waals surface area contributed by atoms with E-state index in [2.05, 4.69) is 25.8 Å². The topological polar surface area (TPSA) is 42.4 Å². The minimum Gasteiger partial charge on any atom is -0.381 e. The average Bonchev–Trinajstić information content (AvgIpc) is 2.88. The molecule has 1 saturated heterocycles. The van der Waals surface area contributed by atoms with Crippen LogP contribution in [-0.2, 0) is 9.53 Å². The second-order valence-corrected chi connectivity index (χ2v) is 7.23. The van der Waals surface area contributed by atoms with Crippen LogP contribution < -0.4 is 0 Å². The Morgan fingerprint density at radius 1 is 1.33 bits per heavy atom. The average molecular weight is 310 g/mol. The summed E-state index contributed by atoms with van der Waals surface area (Å²) in [5.41, 5.74) is 1.06. The molecule has 1 unspecified atom stereocenters. The number of hydrogen-bond donors (Lipinski definition) is 0. The fourth-order valence-corrected chi connectivity index (χ4v) is 3.83. The molecule has 118 valence electrons. The predicted molar refractivity (Wildman–Crippen MR) is 85.7 cm³/mol. The van der Waals surface area contributed by atoms with Crippen LogP contribution in [0, 0.1) is 12.8 Å². The lowest BCUT2D eigenvalue weighted by molar-refractivity contribution is -0.139. The first kappa shape index (κ1) is 16.4. The van der Waals surface area contributed by atoms with Gasteiger partial charge in [0.05, 0.1) is 16.7 Å². The van der Waals surface area contributed by atoms with Gasteiger partial charge in [-0.25, -0.2) is 4.98 Å². The maximum atomic E-state index is 12.6. The van der Waals surface area contributed by atoms with Gasteiger partial charge in [0.1, 0.15) is 0 Å². The maximum Gasteiger partial charge on any atom is 0.226 e. The largest absolute Gasteiger partial charge is 0.381 e. The Morgan fingerprint density at radius 2 is 1.95 bits per heavy atom. The van der Waals surface area contributed by atoms with Crippen molar-refractivity contribution in [3.8, 4) is 0 Å². The number of thiazole rings is 1. The summed E-state index contributed by atoms with van der Waals surface area (Å²) in [6.45, 7) is 9.86. The van der Waals surface area contributed by atoms with Gasteiger partial charge in [-0.3, -0.25) is 4.79 Å². The lowest BCUT2D eigenvalue weighted by Gasteiger charge is -2.30. The Bertz CT molecular complexity index is 492. The van der Waals surface area contributed by atoms with Crippen molar-refractivity contribution in [2.75, 3.05) is 20.3 Å². The zero-order chi connectivity index (χ0) is 15.6. The first-order valence-corrected chi connectivity index (χ1v) is 8.55. The summed E-state index contributed by atoms with van der Waals surface area (Å²) in [5.74, 6) is 0.792. The fourth-order valence-electron chi connectivity index (χ4n) is 2.66. The van der Waals surface area contributed by atoms with Crippen molar-refractivity contribution in [1.29, 1.82) is 0 Å². The highest BCUT2D eigenvalue weighted by Crippen LogP contribution is 2.33. The highest BCUT2D eigenvalue weighted by Gasteiger charge is 2.29. The molecule has 0 aromatic carbocycles. The lowest BCUT2D eigenvalue weighted by atomic mass is 9.98. The molecular weight excluding hydrogens is 284 g/mol. The number of carbonyl (C=O) groups excluding carboxylic acids is 1. The standard InChI is InChI=1S/C16H26N2O2S/c1-10(2)15-17-11(3)14(21-15)12(4)18(5)16(19)13-6-8-20-9-7-13/h10,12-13H,6-9H2,1-5H3. The number of aryl methyl sites for hydroxylation is 1. The summed E-state index contributed by atoms with van der Waals surface area (Å²) >= 11 is 1.74. The molecule has 1 aliphatic heterocycles. The van der Waals surface area contributed by atoms with Crippen molar-refractivity contribution in [1.82, 2.24) is 9.88 Å². The monoisotopic (exact) mass is 310 g/mol. The molecule has 0 bridgehead atoms. The van der Waals surface area contributed by atoms with Gasteiger partial charge < -0.3 is 9.64 Å². The van der Waals surface area contributed by atoms with E-state index in [1.54, 1.807) is 11.3 Å². The van der Waals surface area contributed by atoms with Crippen molar-refractivity contribution in [3.05, 3.63) is 15.6 Å². The smallest absolute Gasteiger partial charge is 0.226 e. The third kappa shape index (κ3) is 3.64. The van der Waals surface area contributed by atoms with Gasteiger partial charge in [-0.1, -0.05) is 13.8 Å². The van der Waals surface area contributed by atoms with Gasteiger partial charge in [0.2, 0.25) is 5.91 Å². The van der Waals surface area contributed by atoms with Crippen LogP contribution in [0.4, 0.5) is 0 Å². The minimum atomic E-state index is 0.0883. The van der Waals surface area contributed by atoms with E-state index < -0.39 is 0 Å². The molecule has 0 radical (unpaired) electrons. The summed E-state index contributed by atoms with van der Waals surface area (Å²) in [7, 11) is 1.91. The van der Waals surface area contributed by atoms with E-state index in [0.29, 0.717) is 19.1 Å². The molecule has 1 aromatic rings. The summed E-state index contributed by atoms with van der Waals surface area (Å²) in [6, 6.07) is 0.0883. The number of hydrogen-bond acceptors (Lipinski definition) is 4. The summed E-state index contributed by atoms with van der Waals surface area (Å²) in [6.07, 6.45) is 1.68. The second-order valence-electron chi connectivity index (χ2n) is 6.17. The molecule has 2 rings (SSSR count).